The SMILES string of the molecule is Cc1ccc(CCCCC2CCCC2=O)o1. The van der Waals surface area contributed by atoms with E-state index in [2.05, 4.69) is 6.07 Å². The predicted molar refractivity (Wildman–Crippen MR) is 63.3 cm³/mol. The number of rotatable bonds is 5. The van der Waals surface area contributed by atoms with Crippen LogP contribution in [-0.2, 0) is 11.2 Å². The second kappa shape index (κ2) is 5.33. The average Bonchev–Trinajstić information content (AvgIpc) is 2.83. The Morgan fingerprint density at radius 1 is 1.38 bits per heavy atom. The third kappa shape index (κ3) is 2.97. The monoisotopic (exact) mass is 220 g/mol. The van der Waals surface area contributed by atoms with Crippen LogP contribution in [0.2, 0.25) is 0 Å². The lowest BCUT2D eigenvalue weighted by Gasteiger charge is -2.06. The molecule has 16 heavy (non-hydrogen) atoms. The summed E-state index contributed by atoms with van der Waals surface area (Å²) in [6, 6.07) is 4.06. The Hall–Kier alpha value is -1.05. The van der Waals surface area contributed by atoms with Gasteiger partial charge in [0.15, 0.2) is 0 Å². The van der Waals surface area contributed by atoms with Crippen LogP contribution < -0.4 is 0 Å². The third-order valence-electron chi connectivity index (χ3n) is 3.45. The van der Waals surface area contributed by atoms with E-state index >= 15 is 0 Å². The van der Waals surface area contributed by atoms with Crippen LogP contribution in [0.5, 0.6) is 0 Å². The van der Waals surface area contributed by atoms with Gasteiger partial charge in [0.05, 0.1) is 0 Å². The van der Waals surface area contributed by atoms with Crippen molar-refractivity contribution in [3.8, 4) is 0 Å². The largest absolute Gasteiger partial charge is 0.466 e. The van der Waals surface area contributed by atoms with Gasteiger partial charge in [-0.15, -0.1) is 0 Å². The van der Waals surface area contributed by atoms with Crippen LogP contribution in [0.4, 0.5) is 0 Å². The molecular formula is C14H20O2. The molecule has 0 amide bonds. The highest BCUT2D eigenvalue weighted by Crippen LogP contribution is 2.26. The molecule has 0 spiro atoms. The van der Waals surface area contributed by atoms with Crippen LogP contribution in [0.25, 0.3) is 0 Å². The normalized spacial score (nSPS) is 20.6. The molecule has 88 valence electrons. The second-order valence-corrected chi connectivity index (χ2v) is 4.81. The fourth-order valence-corrected chi connectivity index (χ4v) is 2.50. The van der Waals surface area contributed by atoms with E-state index in [-0.39, 0.29) is 0 Å². The van der Waals surface area contributed by atoms with Crippen molar-refractivity contribution in [3.63, 3.8) is 0 Å². The van der Waals surface area contributed by atoms with Crippen LogP contribution in [-0.4, -0.2) is 5.78 Å². The maximum Gasteiger partial charge on any atom is 0.135 e. The molecule has 0 aromatic carbocycles. The van der Waals surface area contributed by atoms with Gasteiger partial charge in [-0.25, -0.2) is 0 Å². The lowest BCUT2D eigenvalue weighted by molar-refractivity contribution is -0.120. The van der Waals surface area contributed by atoms with Crippen molar-refractivity contribution < 1.29 is 9.21 Å². The summed E-state index contributed by atoms with van der Waals surface area (Å²) in [5.41, 5.74) is 0. The molecule has 2 heteroatoms. The standard InChI is InChI=1S/C14H20O2/c1-11-9-10-13(16-11)7-3-2-5-12-6-4-8-14(12)15/h9-10,12H,2-8H2,1H3. The van der Waals surface area contributed by atoms with Crippen molar-refractivity contribution in [3.05, 3.63) is 23.7 Å². The van der Waals surface area contributed by atoms with Crippen molar-refractivity contribution in [1.82, 2.24) is 0 Å². The number of unbranched alkanes of at least 4 members (excludes halogenated alkanes) is 1. The summed E-state index contributed by atoms with van der Waals surface area (Å²) in [4.78, 5) is 11.4. The minimum absolute atomic E-state index is 0.373. The Bertz CT molecular complexity index is 351. The molecule has 2 rings (SSSR count). The summed E-state index contributed by atoms with van der Waals surface area (Å²) in [6.45, 7) is 1.97. The van der Waals surface area contributed by atoms with Crippen LogP contribution in [0.1, 0.15) is 50.0 Å². The van der Waals surface area contributed by atoms with Gasteiger partial charge >= 0.3 is 0 Å². The van der Waals surface area contributed by atoms with Gasteiger partial charge in [0, 0.05) is 18.8 Å². The van der Waals surface area contributed by atoms with Gasteiger partial charge in [-0.3, -0.25) is 4.79 Å². The highest BCUT2D eigenvalue weighted by atomic mass is 16.3. The Morgan fingerprint density at radius 2 is 2.25 bits per heavy atom. The van der Waals surface area contributed by atoms with Crippen molar-refractivity contribution in [2.24, 2.45) is 5.92 Å². The van der Waals surface area contributed by atoms with E-state index in [9.17, 15) is 4.79 Å². The van der Waals surface area contributed by atoms with Gasteiger partial charge in [-0.1, -0.05) is 6.42 Å². The Labute approximate surface area is 97.0 Å². The molecular weight excluding hydrogens is 200 g/mol. The fraction of sp³-hybridized carbons (Fsp3) is 0.643. The predicted octanol–water partition coefficient (Wildman–Crippen LogP) is 3.67. The molecule has 1 aromatic rings. The summed E-state index contributed by atoms with van der Waals surface area (Å²) in [7, 11) is 0. The number of ketones is 1. The molecule has 1 atom stereocenters. The molecule has 0 N–H and O–H groups in total. The van der Waals surface area contributed by atoms with Gasteiger partial charge in [0.1, 0.15) is 17.3 Å². The van der Waals surface area contributed by atoms with E-state index in [0.717, 1.165) is 56.5 Å². The summed E-state index contributed by atoms with van der Waals surface area (Å²) >= 11 is 0. The molecule has 2 nitrogen and oxygen atoms in total. The topological polar surface area (TPSA) is 30.2 Å². The smallest absolute Gasteiger partial charge is 0.135 e. The van der Waals surface area contributed by atoms with Crippen molar-refractivity contribution >= 4 is 5.78 Å². The first-order valence-electron chi connectivity index (χ1n) is 6.34. The number of furan rings is 1. The fourth-order valence-electron chi connectivity index (χ4n) is 2.50. The van der Waals surface area contributed by atoms with Gasteiger partial charge in [-0.2, -0.15) is 0 Å². The zero-order chi connectivity index (χ0) is 11.4. The van der Waals surface area contributed by atoms with Gasteiger partial charge in [0.2, 0.25) is 0 Å². The molecule has 1 heterocycles. The van der Waals surface area contributed by atoms with E-state index in [0.29, 0.717) is 11.7 Å². The maximum absolute atomic E-state index is 11.4. The maximum atomic E-state index is 11.4. The van der Waals surface area contributed by atoms with E-state index in [4.69, 9.17) is 4.42 Å². The first-order valence-corrected chi connectivity index (χ1v) is 6.34. The molecule has 0 radical (unpaired) electrons. The van der Waals surface area contributed by atoms with Crippen molar-refractivity contribution in [1.29, 1.82) is 0 Å². The molecule has 1 aliphatic carbocycles. The van der Waals surface area contributed by atoms with Gasteiger partial charge < -0.3 is 4.42 Å². The zero-order valence-electron chi connectivity index (χ0n) is 10.00. The minimum atomic E-state index is 0.373. The van der Waals surface area contributed by atoms with Crippen LogP contribution in [0, 0.1) is 12.8 Å². The number of hydrogen-bond acceptors (Lipinski definition) is 2. The zero-order valence-corrected chi connectivity index (χ0v) is 10.00. The minimum Gasteiger partial charge on any atom is -0.466 e. The molecule has 0 saturated heterocycles. The van der Waals surface area contributed by atoms with Crippen molar-refractivity contribution in [2.45, 2.75) is 51.9 Å². The summed E-state index contributed by atoms with van der Waals surface area (Å²) in [5.74, 6) is 2.93. The first-order chi connectivity index (χ1) is 7.75. The lowest BCUT2D eigenvalue weighted by Crippen LogP contribution is -2.05. The van der Waals surface area contributed by atoms with Gasteiger partial charge in [0.25, 0.3) is 0 Å². The molecule has 0 aliphatic heterocycles. The molecule has 1 saturated carbocycles. The Morgan fingerprint density at radius 3 is 2.88 bits per heavy atom. The first kappa shape index (κ1) is 11.4. The number of carbonyl (C=O) groups excluding carboxylic acids is 1. The molecule has 1 aliphatic rings. The Balaban J connectivity index is 1.63. The second-order valence-electron chi connectivity index (χ2n) is 4.81. The van der Waals surface area contributed by atoms with E-state index in [1.165, 1.54) is 0 Å². The van der Waals surface area contributed by atoms with E-state index < -0.39 is 0 Å². The van der Waals surface area contributed by atoms with Gasteiger partial charge in [-0.05, 0) is 44.7 Å². The average molecular weight is 220 g/mol. The van der Waals surface area contributed by atoms with Crippen LogP contribution in [0.15, 0.2) is 16.5 Å². The Kier molecular flexibility index (Phi) is 3.81. The molecule has 1 fully saturated rings. The number of hydrogen-bond donors (Lipinski definition) is 0. The van der Waals surface area contributed by atoms with Crippen molar-refractivity contribution in [2.75, 3.05) is 0 Å². The number of Topliss-reactive ketones (excluding diaryl/α,β-unsaturated/α-hetero) is 1. The highest BCUT2D eigenvalue weighted by molar-refractivity contribution is 5.82. The quantitative estimate of drug-likeness (QED) is 0.709. The molecule has 0 bridgehead atoms. The van der Waals surface area contributed by atoms with Crippen LogP contribution in [0.3, 0.4) is 0 Å². The third-order valence-corrected chi connectivity index (χ3v) is 3.45. The van der Waals surface area contributed by atoms with E-state index in [1.54, 1.807) is 0 Å². The van der Waals surface area contributed by atoms with E-state index in [1.807, 2.05) is 13.0 Å². The van der Waals surface area contributed by atoms with Crippen LogP contribution >= 0.6 is 0 Å². The molecule has 1 aromatic heterocycles. The molecule has 1 unspecified atom stereocenters. The highest BCUT2D eigenvalue weighted by Gasteiger charge is 2.23. The summed E-state index contributed by atoms with van der Waals surface area (Å²) < 4.78 is 5.51. The number of carbonyl (C=O) groups is 1. The number of aryl methyl sites for hydroxylation is 2. The summed E-state index contributed by atoms with van der Waals surface area (Å²) in [5, 5.41) is 0. The lowest BCUT2D eigenvalue weighted by atomic mass is 9.99. The summed E-state index contributed by atoms with van der Waals surface area (Å²) in [6.07, 6.45) is 7.43.